The number of hydrogen-bond acceptors (Lipinski definition) is 3. The van der Waals surface area contributed by atoms with Crippen LogP contribution in [0.15, 0.2) is 24.3 Å². The largest absolute Gasteiger partial charge is 0.394 e. The quantitative estimate of drug-likeness (QED) is 0.427. The van der Waals surface area contributed by atoms with Crippen molar-refractivity contribution < 1.29 is 13.6 Å². The molecule has 1 N–H and O–H groups in total. The number of nitrogens with one attached hydrogen (secondary N) is 1. The molecule has 1 saturated heterocycles. The highest BCUT2D eigenvalue weighted by Gasteiger charge is 2.39. The molecule has 2 rings (SSSR count). The molecule has 1 aliphatic rings. The summed E-state index contributed by atoms with van der Waals surface area (Å²) in [4.78, 5) is 11.5. The highest BCUT2D eigenvalue weighted by Crippen LogP contribution is 2.39. The molecule has 0 aromatic heterocycles. The van der Waals surface area contributed by atoms with Crippen molar-refractivity contribution in [1.82, 2.24) is 5.32 Å². The minimum Gasteiger partial charge on any atom is -0.394 e. The number of carbonyl (C=O) groups excluding carboxylic acids is 1. The van der Waals surface area contributed by atoms with Crippen LogP contribution in [0.4, 0.5) is 0 Å². The molecule has 2 atom stereocenters. The molecule has 4 nitrogen and oxygen atoms in total. The first-order valence-corrected chi connectivity index (χ1v) is 12.7. The summed E-state index contributed by atoms with van der Waals surface area (Å²) < 4.78 is 12.0. The van der Waals surface area contributed by atoms with Crippen LogP contribution in [0.1, 0.15) is 45.1 Å². The van der Waals surface area contributed by atoms with Gasteiger partial charge in [-0.15, -0.1) is 0 Å². The van der Waals surface area contributed by atoms with Gasteiger partial charge in [-0.25, -0.2) is 0 Å². The second-order valence-electron chi connectivity index (χ2n) is 7.71. The van der Waals surface area contributed by atoms with Crippen LogP contribution < -0.4 is 5.32 Å². The third kappa shape index (κ3) is 6.71. The molecule has 0 saturated carbocycles. The number of hydrogen-bond donors (Lipinski definition) is 1. The molecule has 1 aliphatic heterocycles. The summed E-state index contributed by atoms with van der Waals surface area (Å²) in [5, 5.41) is 3.86. The van der Waals surface area contributed by atoms with Gasteiger partial charge in [0.05, 0.1) is 0 Å². The molecule has 1 aromatic carbocycles. The van der Waals surface area contributed by atoms with Gasteiger partial charge in [0, 0.05) is 22.9 Å². The smallest absolute Gasteiger partial charge is 0.229 e. The Morgan fingerprint density at radius 2 is 2.00 bits per heavy atom. The summed E-state index contributed by atoms with van der Waals surface area (Å²) >= 11 is 6.21. The standard InChI is InChI=1S/C20H30ClNO3Si2/c1-20(2,19(24-26-3)25-27-4)15(8-9-17-10-11-18(23)22-17)12-14-6-5-7-16(21)13-14/h5-7,13,15,17,19H,8-12H2,1-4H3,(H,22,23). The van der Waals surface area contributed by atoms with Crippen molar-refractivity contribution >= 4 is 37.0 Å². The topological polar surface area (TPSA) is 47.6 Å². The Hall–Kier alpha value is -0.666. The van der Waals surface area contributed by atoms with Crippen LogP contribution in [-0.4, -0.2) is 37.8 Å². The first-order chi connectivity index (χ1) is 12.9. The van der Waals surface area contributed by atoms with Crippen LogP contribution in [0.25, 0.3) is 0 Å². The third-order valence-corrected chi connectivity index (χ3v) is 6.56. The predicted octanol–water partition coefficient (Wildman–Crippen LogP) is 4.28. The summed E-state index contributed by atoms with van der Waals surface area (Å²) in [6.45, 7) is 8.54. The zero-order valence-corrected chi connectivity index (χ0v) is 19.4. The molecule has 0 bridgehead atoms. The molecule has 0 aliphatic carbocycles. The van der Waals surface area contributed by atoms with Crippen molar-refractivity contribution in [3.63, 3.8) is 0 Å². The minimum atomic E-state index is -0.230. The van der Waals surface area contributed by atoms with E-state index in [0.29, 0.717) is 31.9 Å². The molecular weight excluding hydrogens is 394 g/mol. The van der Waals surface area contributed by atoms with Gasteiger partial charge < -0.3 is 14.2 Å². The first kappa shape index (κ1) is 22.6. The van der Waals surface area contributed by atoms with Crippen LogP contribution in [0.3, 0.4) is 0 Å². The van der Waals surface area contributed by atoms with Crippen molar-refractivity contribution in [3.8, 4) is 0 Å². The van der Waals surface area contributed by atoms with E-state index in [1.165, 1.54) is 5.56 Å². The highest BCUT2D eigenvalue weighted by atomic mass is 35.5. The number of carbonyl (C=O) groups is 1. The van der Waals surface area contributed by atoms with Crippen LogP contribution in [0.2, 0.25) is 18.1 Å². The van der Waals surface area contributed by atoms with Gasteiger partial charge in [-0.3, -0.25) is 4.79 Å². The fourth-order valence-electron chi connectivity index (χ4n) is 3.72. The van der Waals surface area contributed by atoms with Crippen molar-refractivity contribution in [2.75, 3.05) is 0 Å². The molecule has 27 heavy (non-hydrogen) atoms. The van der Waals surface area contributed by atoms with Crippen molar-refractivity contribution in [3.05, 3.63) is 34.9 Å². The predicted molar refractivity (Wildman–Crippen MR) is 112 cm³/mol. The Morgan fingerprint density at radius 3 is 2.56 bits per heavy atom. The molecule has 1 heterocycles. The minimum absolute atomic E-state index is 0.156. The summed E-state index contributed by atoms with van der Waals surface area (Å²) in [6.07, 6.45) is 4.26. The van der Waals surface area contributed by atoms with Gasteiger partial charge in [0.1, 0.15) is 6.29 Å². The van der Waals surface area contributed by atoms with E-state index in [-0.39, 0.29) is 23.7 Å². The lowest BCUT2D eigenvalue weighted by Gasteiger charge is -2.41. The molecule has 1 amide bonds. The summed E-state index contributed by atoms with van der Waals surface area (Å²) in [7, 11) is 0.771. The van der Waals surface area contributed by atoms with Crippen LogP contribution in [0.5, 0.6) is 0 Å². The van der Waals surface area contributed by atoms with E-state index >= 15 is 0 Å². The molecular formula is C20H30ClNO3Si2. The monoisotopic (exact) mass is 423 g/mol. The Kier molecular flexibility index (Phi) is 9.02. The van der Waals surface area contributed by atoms with Gasteiger partial charge in [0.2, 0.25) is 25.4 Å². The Labute approximate surface area is 173 Å². The Bertz CT molecular complexity index is 609. The van der Waals surface area contributed by atoms with E-state index in [4.69, 9.17) is 20.5 Å². The molecule has 7 heteroatoms. The van der Waals surface area contributed by atoms with Crippen molar-refractivity contribution in [1.29, 1.82) is 0 Å². The maximum absolute atomic E-state index is 11.5. The molecule has 1 fully saturated rings. The SMILES string of the molecule is C[Si]OC(O[Si]C)C(C)(C)C(CCC1CCC(=O)N1)Cc1cccc(Cl)c1. The van der Waals surface area contributed by atoms with Crippen LogP contribution >= 0.6 is 11.6 Å². The van der Waals surface area contributed by atoms with Gasteiger partial charge in [-0.2, -0.15) is 0 Å². The molecule has 2 unspecified atom stereocenters. The number of amides is 1. The maximum Gasteiger partial charge on any atom is 0.229 e. The number of rotatable bonds is 11. The summed E-state index contributed by atoms with van der Waals surface area (Å²) in [5.74, 6) is 0.528. The normalized spacial score (nSPS) is 18.7. The zero-order chi connectivity index (χ0) is 19.9. The molecule has 4 radical (unpaired) electrons. The van der Waals surface area contributed by atoms with Crippen molar-refractivity contribution in [2.45, 2.75) is 71.4 Å². The van der Waals surface area contributed by atoms with Gasteiger partial charge in [-0.1, -0.05) is 37.6 Å². The lowest BCUT2D eigenvalue weighted by Crippen LogP contribution is -2.43. The van der Waals surface area contributed by atoms with E-state index in [9.17, 15) is 4.79 Å². The second-order valence-corrected chi connectivity index (χ2v) is 9.43. The number of halogens is 1. The lowest BCUT2D eigenvalue weighted by molar-refractivity contribution is -0.119. The fourth-order valence-corrected chi connectivity index (χ4v) is 5.16. The Morgan fingerprint density at radius 1 is 1.30 bits per heavy atom. The highest BCUT2D eigenvalue weighted by molar-refractivity contribution is 6.30. The number of benzene rings is 1. The van der Waals surface area contributed by atoms with E-state index in [1.54, 1.807) is 0 Å². The van der Waals surface area contributed by atoms with E-state index in [0.717, 1.165) is 30.7 Å². The van der Waals surface area contributed by atoms with Crippen LogP contribution in [0, 0.1) is 11.3 Å². The van der Waals surface area contributed by atoms with Gasteiger partial charge in [0.15, 0.2) is 0 Å². The van der Waals surface area contributed by atoms with Crippen LogP contribution in [-0.2, 0) is 20.1 Å². The average molecular weight is 424 g/mol. The maximum atomic E-state index is 11.5. The average Bonchev–Trinajstić information content (AvgIpc) is 3.03. The van der Waals surface area contributed by atoms with E-state index < -0.39 is 0 Å². The molecule has 0 spiro atoms. The Balaban J connectivity index is 2.16. The summed E-state index contributed by atoms with van der Waals surface area (Å²) in [6, 6.07) is 8.37. The van der Waals surface area contributed by atoms with E-state index in [2.05, 4.69) is 25.2 Å². The van der Waals surface area contributed by atoms with E-state index in [1.807, 2.05) is 31.3 Å². The first-order valence-electron chi connectivity index (χ1n) is 9.55. The van der Waals surface area contributed by atoms with Gasteiger partial charge >= 0.3 is 0 Å². The zero-order valence-electron chi connectivity index (χ0n) is 16.7. The van der Waals surface area contributed by atoms with Crippen molar-refractivity contribution in [2.24, 2.45) is 11.3 Å². The van der Waals surface area contributed by atoms with Gasteiger partial charge in [0.25, 0.3) is 0 Å². The third-order valence-electron chi connectivity index (χ3n) is 5.43. The fraction of sp³-hybridized carbons (Fsp3) is 0.650. The lowest BCUT2D eigenvalue weighted by atomic mass is 9.72. The van der Waals surface area contributed by atoms with Gasteiger partial charge in [-0.05, 0) is 62.4 Å². The molecule has 1 aromatic rings. The second kappa shape index (κ2) is 10.8. The summed E-state index contributed by atoms with van der Waals surface area (Å²) in [5.41, 5.74) is 1.07. The molecule has 148 valence electrons.